The van der Waals surface area contributed by atoms with Crippen molar-refractivity contribution in [1.29, 1.82) is 0 Å². The molecule has 1 aliphatic rings. The zero-order chi connectivity index (χ0) is 19.6. The molecular formula is C21H32IN5OS. The van der Waals surface area contributed by atoms with Crippen LogP contribution < -0.4 is 15.4 Å². The molecule has 8 heteroatoms. The number of nitrogens with one attached hydrogen (secondary N) is 2. The van der Waals surface area contributed by atoms with Gasteiger partial charge in [0.15, 0.2) is 5.96 Å². The molecule has 0 bridgehead atoms. The average molecular weight is 529 g/mol. The Labute approximate surface area is 195 Å². The molecule has 1 unspecified atom stereocenters. The maximum absolute atomic E-state index is 5.53. The topological polar surface area (TPSA) is 61.8 Å². The monoisotopic (exact) mass is 529 g/mol. The third-order valence-corrected chi connectivity index (χ3v) is 5.82. The van der Waals surface area contributed by atoms with Crippen LogP contribution in [0.3, 0.4) is 0 Å². The minimum Gasteiger partial charge on any atom is -0.478 e. The molecule has 3 rings (SSSR count). The summed E-state index contributed by atoms with van der Waals surface area (Å²) < 4.78 is 5.53. The lowest BCUT2D eigenvalue weighted by atomic mass is 10.2. The minimum atomic E-state index is 0. The van der Waals surface area contributed by atoms with Crippen LogP contribution in [0.4, 0.5) is 0 Å². The van der Waals surface area contributed by atoms with E-state index < -0.39 is 0 Å². The van der Waals surface area contributed by atoms with Gasteiger partial charge in [-0.1, -0.05) is 19.1 Å². The van der Waals surface area contributed by atoms with Crippen LogP contribution in [0.2, 0.25) is 0 Å². The molecule has 2 aromatic heterocycles. The van der Waals surface area contributed by atoms with Gasteiger partial charge in [0.1, 0.15) is 0 Å². The van der Waals surface area contributed by atoms with Crippen molar-refractivity contribution in [1.82, 2.24) is 20.5 Å². The molecule has 1 saturated heterocycles. The van der Waals surface area contributed by atoms with Crippen molar-refractivity contribution in [3.8, 4) is 5.88 Å². The van der Waals surface area contributed by atoms with Crippen LogP contribution in [0.15, 0.2) is 40.8 Å². The van der Waals surface area contributed by atoms with Crippen LogP contribution in [-0.4, -0.2) is 49.1 Å². The second-order valence-corrected chi connectivity index (χ2v) is 7.91. The van der Waals surface area contributed by atoms with E-state index in [-0.39, 0.29) is 24.0 Å². The molecule has 1 fully saturated rings. The van der Waals surface area contributed by atoms with Gasteiger partial charge in [0.2, 0.25) is 5.88 Å². The first-order valence-electron chi connectivity index (χ1n) is 10.1. The van der Waals surface area contributed by atoms with E-state index in [0.29, 0.717) is 25.1 Å². The normalized spacial score (nSPS) is 15.6. The van der Waals surface area contributed by atoms with E-state index >= 15 is 0 Å². The number of likely N-dealkylation sites (tertiary alicyclic amines) is 1. The number of pyridine rings is 1. The molecule has 0 amide bonds. The fourth-order valence-corrected chi connectivity index (χ4v) is 4.21. The predicted octanol–water partition coefficient (Wildman–Crippen LogP) is 4.05. The highest BCUT2D eigenvalue weighted by Crippen LogP contribution is 2.27. The average Bonchev–Trinajstić information content (AvgIpc) is 3.44. The van der Waals surface area contributed by atoms with Crippen LogP contribution in [0.5, 0.6) is 5.88 Å². The molecule has 3 heterocycles. The van der Waals surface area contributed by atoms with Gasteiger partial charge in [-0.25, -0.2) is 4.98 Å². The zero-order valence-corrected chi connectivity index (χ0v) is 20.4. The molecule has 0 aliphatic carbocycles. The highest BCUT2D eigenvalue weighted by atomic mass is 127. The first kappa shape index (κ1) is 23.9. The summed E-state index contributed by atoms with van der Waals surface area (Å²) in [6, 6.07) is 8.73. The van der Waals surface area contributed by atoms with E-state index in [1.807, 2.05) is 36.7 Å². The van der Waals surface area contributed by atoms with Crippen molar-refractivity contribution in [2.45, 2.75) is 38.8 Å². The molecular weight excluding hydrogens is 497 g/mol. The first-order valence-corrected chi connectivity index (χ1v) is 11.0. The minimum absolute atomic E-state index is 0. The SMILES string of the molecule is CCCOc1ccc(CNC(=NC)NCC(c2cccs2)N2CCCC2)cn1.I. The number of nitrogens with zero attached hydrogens (tertiary/aromatic N) is 3. The summed E-state index contributed by atoms with van der Waals surface area (Å²) in [6.45, 7) is 6.66. The van der Waals surface area contributed by atoms with Crippen LogP contribution in [0.25, 0.3) is 0 Å². The summed E-state index contributed by atoms with van der Waals surface area (Å²) in [5.74, 6) is 1.49. The molecule has 2 aromatic rings. The van der Waals surface area contributed by atoms with E-state index in [1.165, 1.54) is 30.8 Å². The van der Waals surface area contributed by atoms with E-state index in [4.69, 9.17) is 4.74 Å². The molecule has 1 aliphatic heterocycles. The lowest BCUT2D eigenvalue weighted by Gasteiger charge is -2.27. The number of aliphatic imine (C=N–C) groups is 1. The van der Waals surface area contributed by atoms with Crippen molar-refractivity contribution in [3.63, 3.8) is 0 Å². The molecule has 29 heavy (non-hydrogen) atoms. The van der Waals surface area contributed by atoms with Gasteiger partial charge < -0.3 is 15.4 Å². The van der Waals surface area contributed by atoms with Crippen molar-refractivity contribution in [2.24, 2.45) is 4.99 Å². The molecule has 1 atom stereocenters. The van der Waals surface area contributed by atoms with E-state index in [0.717, 1.165) is 24.5 Å². The quantitative estimate of drug-likeness (QED) is 0.292. The van der Waals surface area contributed by atoms with Gasteiger partial charge in [-0.15, -0.1) is 35.3 Å². The molecule has 6 nitrogen and oxygen atoms in total. The van der Waals surface area contributed by atoms with E-state index in [9.17, 15) is 0 Å². The molecule has 0 spiro atoms. The van der Waals surface area contributed by atoms with Gasteiger partial charge in [0.25, 0.3) is 0 Å². The Balaban J connectivity index is 0.00000300. The Morgan fingerprint density at radius 3 is 2.72 bits per heavy atom. The summed E-state index contributed by atoms with van der Waals surface area (Å²) in [6.07, 6.45) is 5.42. The maximum atomic E-state index is 5.53. The standard InChI is InChI=1S/C21H31N5OS.HI/c1-3-12-27-20-9-8-17(14-23-20)15-24-21(22-2)25-16-18(19-7-6-13-28-19)26-10-4-5-11-26;/h6-9,13-14,18H,3-5,10-12,15-16H2,1-2H3,(H2,22,24,25);1H. The second kappa shape index (κ2) is 13.0. The summed E-state index contributed by atoms with van der Waals surface area (Å²) >= 11 is 1.83. The number of ether oxygens (including phenoxy) is 1. The molecule has 160 valence electrons. The Morgan fingerprint density at radius 1 is 1.28 bits per heavy atom. The summed E-state index contributed by atoms with van der Waals surface area (Å²) in [5, 5.41) is 9.04. The van der Waals surface area contributed by atoms with Gasteiger partial charge in [-0.3, -0.25) is 9.89 Å². The van der Waals surface area contributed by atoms with Crippen molar-refractivity contribution in [2.75, 3.05) is 33.3 Å². The van der Waals surface area contributed by atoms with Gasteiger partial charge in [-0.2, -0.15) is 0 Å². The highest BCUT2D eigenvalue weighted by molar-refractivity contribution is 14.0. The lowest BCUT2D eigenvalue weighted by molar-refractivity contribution is 0.249. The number of guanidine groups is 1. The van der Waals surface area contributed by atoms with Crippen molar-refractivity contribution in [3.05, 3.63) is 46.3 Å². The number of thiophene rings is 1. The largest absolute Gasteiger partial charge is 0.478 e. The molecule has 2 N–H and O–H groups in total. The molecule has 0 radical (unpaired) electrons. The summed E-state index contributed by atoms with van der Waals surface area (Å²) in [4.78, 5) is 12.7. The van der Waals surface area contributed by atoms with Crippen LogP contribution in [0.1, 0.15) is 42.7 Å². The van der Waals surface area contributed by atoms with E-state index in [2.05, 4.69) is 49.9 Å². The van der Waals surface area contributed by atoms with Crippen molar-refractivity contribution >= 4 is 41.3 Å². The summed E-state index contributed by atoms with van der Waals surface area (Å²) in [7, 11) is 1.81. The molecule has 0 aromatic carbocycles. The number of halogens is 1. The Bertz CT molecular complexity index is 717. The van der Waals surface area contributed by atoms with Gasteiger partial charge in [0, 0.05) is 37.3 Å². The summed E-state index contributed by atoms with van der Waals surface area (Å²) in [5.41, 5.74) is 1.10. The Morgan fingerprint density at radius 2 is 2.10 bits per heavy atom. The third-order valence-electron chi connectivity index (χ3n) is 4.85. The van der Waals surface area contributed by atoms with Gasteiger partial charge in [-0.05, 0) is 49.4 Å². The second-order valence-electron chi connectivity index (χ2n) is 6.93. The number of hydrogen-bond donors (Lipinski definition) is 2. The van der Waals surface area contributed by atoms with Crippen LogP contribution in [-0.2, 0) is 6.54 Å². The maximum Gasteiger partial charge on any atom is 0.213 e. The zero-order valence-electron chi connectivity index (χ0n) is 17.3. The van der Waals surface area contributed by atoms with E-state index in [1.54, 1.807) is 0 Å². The smallest absolute Gasteiger partial charge is 0.213 e. The fraction of sp³-hybridized carbons (Fsp3) is 0.524. The predicted molar refractivity (Wildman–Crippen MR) is 132 cm³/mol. The van der Waals surface area contributed by atoms with Gasteiger partial charge in [0.05, 0.1) is 12.6 Å². The fourth-order valence-electron chi connectivity index (χ4n) is 3.35. The van der Waals surface area contributed by atoms with Crippen LogP contribution in [0, 0.1) is 0 Å². The first-order chi connectivity index (χ1) is 13.8. The van der Waals surface area contributed by atoms with Crippen LogP contribution >= 0.6 is 35.3 Å². The van der Waals surface area contributed by atoms with Crippen molar-refractivity contribution < 1.29 is 4.74 Å². The Hall–Kier alpha value is -1.39. The Kier molecular flexibility index (Phi) is 10.7. The lowest BCUT2D eigenvalue weighted by Crippen LogP contribution is -2.42. The molecule has 0 saturated carbocycles. The number of hydrogen-bond acceptors (Lipinski definition) is 5. The number of aromatic nitrogens is 1. The third kappa shape index (κ3) is 7.42. The number of rotatable bonds is 9. The van der Waals surface area contributed by atoms with Gasteiger partial charge >= 0.3 is 0 Å². The highest BCUT2D eigenvalue weighted by Gasteiger charge is 2.24.